The Bertz CT molecular complexity index is 1200. The first-order chi connectivity index (χ1) is 15.4. The molecular weight excluding hydrogens is 415 g/mol. The lowest BCUT2D eigenvalue weighted by atomic mass is 9.76. The average Bonchev–Trinajstić information content (AvgIpc) is 2.78. The second kappa shape index (κ2) is 7.94. The molecule has 3 fully saturated rings. The van der Waals surface area contributed by atoms with Gasteiger partial charge < -0.3 is 9.84 Å². The maximum absolute atomic E-state index is 14.8. The van der Waals surface area contributed by atoms with E-state index in [2.05, 4.69) is 25.1 Å². The topological polar surface area (TPSA) is 106 Å². The van der Waals surface area contributed by atoms with Crippen molar-refractivity contribution in [3.05, 3.63) is 47.1 Å². The molecule has 1 saturated carbocycles. The number of aromatic nitrogens is 5. The number of benzene rings is 1. The van der Waals surface area contributed by atoms with E-state index in [1.165, 1.54) is 17.0 Å². The normalized spacial score (nSPS) is 25.1. The summed E-state index contributed by atoms with van der Waals surface area (Å²) in [6.45, 7) is 0.818. The highest BCUT2D eigenvalue weighted by atomic mass is 19.1. The second-order valence-electron chi connectivity index (χ2n) is 8.43. The number of hydrogen-bond acceptors (Lipinski definition) is 8. The van der Waals surface area contributed by atoms with E-state index in [-0.39, 0.29) is 29.4 Å². The molecule has 3 aliphatic rings. The smallest absolute Gasteiger partial charge is 0.350 e. The van der Waals surface area contributed by atoms with Crippen molar-refractivity contribution in [3.8, 4) is 34.3 Å². The van der Waals surface area contributed by atoms with Crippen LogP contribution in [0.2, 0.25) is 0 Å². The molecule has 3 aromatic rings. The number of phenols is 1. The Morgan fingerprint density at radius 2 is 2.00 bits per heavy atom. The molecule has 0 amide bonds. The molecule has 2 aromatic heterocycles. The van der Waals surface area contributed by atoms with Crippen LogP contribution in [-0.2, 0) is 7.05 Å². The van der Waals surface area contributed by atoms with Crippen LogP contribution in [0.5, 0.6) is 11.6 Å². The number of alkyl halides is 1. The van der Waals surface area contributed by atoms with E-state index >= 15 is 0 Å². The first-order valence-corrected chi connectivity index (χ1v) is 10.5. The number of ether oxygens (including phenoxy) is 1. The van der Waals surface area contributed by atoms with Crippen LogP contribution >= 0.6 is 0 Å². The van der Waals surface area contributed by atoms with Crippen LogP contribution in [0.15, 0.2) is 41.5 Å². The lowest BCUT2D eigenvalue weighted by Crippen LogP contribution is -2.61. The molecule has 4 atom stereocenters. The summed E-state index contributed by atoms with van der Waals surface area (Å²) in [5, 5.41) is 18.7. The van der Waals surface area contributed by atoms with E-state index in [0.29, 0.717) is 16.8 Å². The van der Waals surface area contributed by atoms with E-state index in [1.54, 1.807) is 31.3 Å². The molecule has 166 valence electrons. The van der Waals surface area contributed by atoms with Gasteiger partial charge in [-0.15, -0.1) is 10.2 Å². The van der Waals surface area contributed by atoms with Crippen molar-refractivity contribution in [1.29, 1.82) is 0 Å². The van der Waals surface area contributed by atoms with Gasteiger partial charge in [0, 0.05) is 42.7 Å². The van der Waals surface area contributed by atoms with Crippen molar-refractivity contribution in [3.63, 3.8) is 0 Å². The number of halogens is 1. The van der Waals surface area contributed by atoms with Crippen LogP contribution in [0.1, 0.15) is 12.8 Å². The molecule has 3 unspecified atom stereocenters. The van der Waals surface area contributed by atoms with Gasteiger partial charge in [-0.1, -0.05) is 6.07 Å². The number of rotatable bonds is 4. The zero-order chi connectivity index (χ0) is 22.4. The number of aromatic hydroxyl groups is 1. The van der Waals surface area contributed by atoms with Crippen LogP contribution in [0.4, 0.5) is 4.39 Å². The molecular formula is C22H23FN6O3. The third-order valence-corrected chi connectivity index (χ3v) is 6.35. The quantitative estimate of drug-likeness (QED) is 0.658. The zero-order valence-electron chi connectivity index (χ0n) is 17.7. The Morgan fingerprint density at radius 1 is 1.16 bits per heavy atom. The molecule has 6 rings (SSSR count). The maximum atomic E-state index is 14.8. The van der Waals surface area contributed by atoms with Gasteiger partial charge in [-0.05, 0) is 38.1 Å². The number of aryl methyl sites for hydroxylation is 1. The van der Waals surface area contributed by atoms with E-state index in [0.717, 1.165) is 19.4 Å². The van der Waals surface area contributed by atoms with Crippen molar-refractivity contribution >= 4 is 0 Å². The fourth-order valence-corrected chi connectivity index (χ4v) is 4.59. The fraction of sp³-hybridized carbons (Fsp3) is 0.409. The van der Waals surface area contributed by atoms with Gasteiger partial charge in [0.15, 0.2) is 12.0 Å². The highest BCUT2D eigenvalue weighted by Gasteiger charge is 2.48. The summed E-state index contributed by atoms with van der Waals surface area (Å²) in [7, 11) is 3.51. The minimum absolute atomic E-state index is 0.0498. The van der Waals surface area contributed by atoms with Crippen molar-refractivity contribution < 1.29 is 14.2 Å². The number of fused-ring (bicyclic) bond motifs is 3. The van der Waals surface area contributed by atoms with Crippen molar-refractivity contribution in [2.24, 2.45) is 13.0 Å². The van der Waals surface area contributed by atoms with E-state index in [4.69, 9.17) is 4.74 Å². The molecule has 1 aliphatic carbocycles. The molecule has 10 heteroatoms. The predicted octanol–water partition coefficient (Wildman–Crippen LogP) is 1.81. The van der Waals surface area contributed by atoms with Gasteiger partial charge in [0.1, 0.15) is 18.2 Å². The van der Waals surface area contributed by atoms with E-state index in [1.807, 2.05) is 7.05 Å². The molecule has 1 N–H and O–H groups in total. The number of phenolic OH excluding ortho intramolecular Hbond substituents is 1. The van der Waals surface area contributed by atoms with Gasteiger partial charge in [-0.3, -0.25) is 9.47 Å². The van der Waals surface area contributed by atoms with Crippen molar-refractivity contribution in [1.82, 2.24) is 29.6 Å². The number of hydrogen-bond donors (Lipinski definition) is 1. The molecule has 2 aliphatic heterocycles. The van der Waals surface area contributed by atoms with Gasteiger partial charge >= 0.3 is 5.69 Å². The molecule has 1 aromatic carbocycles. The highest BCUT2D eigenvalue weighted by molar-refractivity contribution is 5.71. The lowest BCUT2D eigenvalue weighted by Gasteiger charge is -2.49. The summed E-state index contributed by atoms with van der Waals surface area (Å²) < 4.78 is 22.0. The minimum Gasteiger partial charge on any atom is -0.507 e. The Labute approximate surface area is 183 Å². The Morgan fingerprint density at radius 3 is 2.66 bits per heavy atom. The average molecular weight is 438 g/mol. The fourth-order valence-electron chi connectivity index (χ4n) is 4.59. The third-order valence-electron chi connectivity index (χ3n) is 6.35. The van der Waals surface area contributed by atoms with Crippen molar-refractivity contribution in [2.45, 2.75) is 31.2 Å². The summed E-state index contributed by atoms with van der Waals surface area (Å²) in [6.07, 6.45) is 1.60. The van der Waals surface area contributed by atoms with Crippen LogP contribution in [-0.4, -0.2) is 66.6 Å². The largest absolute Gasteiger partial charge is 0.507 e. The molecule has 32 heavy (non-hydrogen) atoms. The number of piperidine rings is 2. The van der Waals surface area contributed by atoms with Gasteiger partial charge in [0.05, 0.1) is 5.69 Å². The highest BCUT2D eigenvalue weighted by Crippen LogP contribution is 2.38. The monoisotopic (exact) mass is 438 g/mol. The second-order valence-corrected chi connectivity index (χ2v) is 8.43. The standard InChI is InChI=1S/C22H23FN6O3/c1-28-10-13-4-7-16(28)19(23)20(13)32-18-8-6-15(26-27-18)14-5-3-12(9-17(14)30)21-24-11-29(2)22(31)25-21/h3,5-6,8-9,11,13,16,19-20,30H,4,7,10H2,1-2H3/t13-,16?,19?,20?/m1/s1. The van der Waals surface area contributed by atoms with E-state index < -0.39 is 18.0 Å². The first-order valence-electron chi connectivity index (χ1n) is 10.5. The Kier molecular flexibility index (Phi) is 5.09. The zero-order valence-corrected chi connectivity index (χ0v) is 17.7. The summed E-state index contributed by atoms with van der Waals surface area (Å²) in [4.78, 5) is 21.8. The maximum Gasteiger partial charge on any atom is 0.350 e. The summed E-state index contributed by atoms with van der Waals surface area (Å²) in [6, 6.07) is 8.02. The van der Waals surface area contributed by atoms with Crippen LogP contribution < -0.4 is 10.4 Å². The molecule has 2 saturated heterocycles. The summed E-state index contributed by atoms with van der Waals surface area (Å²) in [5.41, 5.74) is 0.961. The van der Waals surface area contributed by atoms with Gasteiger partial charge in [0.25, 0.3) is 0 Å². The molecule has 0 spiro atoms. The molecule has 0 radical (unpaired) electrons. The Hall–Kier alpha value is -3.40. The van der Waals surface area contributed by atoms with Gasteiger partial charge in [-0.2, -0.15) is 4.98 Å². The van der Waals surface area contributed by atoms with Gasteiger partial charge in [0.2, 0.25) is 5.88 Å². The van der Waals surface area contributed by atoms with Crippen LogP contribution in [0.3, 0.4) is 0 Å². The van der Waals surface area contributed by atoms with Gasteiger partial charge in [-0.25, -0.2) is 14.2 Å². The van der Waals surface area contributed by atoms with Crippen molar-refractivity contribution in [2.75, 3.05) is 13.6 Å². The van der Waals surface area contributed by atoms with E-state index in [9.17, 15) is 14.3 Å². The predicted molar refractivity (Wildman–Crippen MR) is 114 cm³/mol. The lowest BCUT2D eigenvalue weighted by molar-refractivity contribution is -0.0891. The van der Waals surface area contributed by atoms with Crippen LogP contribution in [0.25, 0.3) is 22.6 Å². The Balaban J connectivity index is 1.34. The van der Waals surface area contributed by atoms with Crippen LogP contribution in [0, 0.1) is 5.92 Å². The molecule has 9 nitrogen and oxygen atoms in total. The third kappa shape index (κ3) is 3.60. The molecule has 2 bridgehead atoms. The SMILES string of the molecule is CN1C[C@H]2CCC1C(F)C2Oc1ccc(-c2ccc(-c3ncn(C)c(=O)n3)cc2O)nn1. The minimum atomic E-state index is -1.05. The number of nitrogens with zero attached hydrogens (tertiary/aromatic N) is 6. The summed E-state index contributed by atoms with van der Waals surface area (Å²) in [5.74, 6) is 0.570. The summed E-state index contributed by atoms with van der Waals surface area (Å²) >= 11 is 0. The first kappa shape index (κ1) is 20.5. The molecule has 4 heterocycles.